The van der Waals surface area contributed by atoms with Crippen LogP contribution in [-0.2, 0) is 11.2 Å². The van der Waals surface area contributed by atoms with Crippen molar-refractivity contribution in [2.75, 3.05) is 31.1 Å². The molecule has 0 atom stereocenters. The van der Waals surface area contributed by atoms with E-state index in [2.05, 4.69) is 0 Å². The topological polar surface area (TPSA) is 66.7 Å². The molecule has 6 nitrogen and oxygen atoms in total. The minimum Gasteiger partial charge on any atom is -0.362 e. The highest BCUT2D eigenvalue weighted by molar-refractivity contribution is 7.08. The number of rotatable bonds is 4. The standard InChI is InChI=1S/C16H17N3O3S/c20-16(11-13-5-10-23-12-13)18-8-6-17(7-9-18)14-3-1-2-4-15(14)19(21)22/h1-5,10,12H,6-9,11H2. The minimum atomic E-state index is -0.358. The Morgan fingerprint density at radius 2 is 1.91 bits per heavy atom. The van der Waals surface area contributed by atoms with E-state index < -0.39 is 0 Å². The number of anilines is 1. The molecule has 0 aliphatic carbocycles. The molecule has 1 amide bonds. The Labute approximate surface area is 138 Å². The van der Waals surface area contributed by atoms with Gasteiger partial charge >= 0.3 is 0 Å². The number of para-hydroxylation sites is 2. The van der Waals surface area contributed by atoms with Gasteiger partial charge in [-0.15, -0.1) is 0 Å². The van der Waals surface area contributed by atoms with Crippen LogP contribution < -0.4 is 4.90 Å². The summed E-state index contributed by atoms with van der Waals surface area (Å²) in [4.78, 5) is 26.9. The number of benzene rings is 1. The summed E-state index contributed by atoms with van der Waals surface area (Å²) in [5, 5.41) is 15.1. The largest absolute Gasteiger partial charge is 0.362 e. The highest BCUT2D eigenvalue weighted by atomic mass is 32.1. The molecule has 1 saturated heterocycles. The van der Waals surface area contributed by atoms with Crippen LogP contribution in [0.3, 0.4) is 0 Å². The Morgan fingerprint density at radius 1 is 1.17 bits per heavy atom. The van der Waals surface area contributed by atoms with E-state index in [0.717, 1.165) is 5.56 Å². The number of nitro groups is 1. The Bertz CT molecular complexity index is 694. The predicted molar refractivity (Wildman–Crippen MR) is 89.9 cm³/mol. The quantitative estimate of drug-likeness (QED) is 0.638. The number of carbonyl (C=O) groups is 1. The first-order valence-electron chi connectivity index (χ1n) is 7.42. The van der Waals surface area contributed by atoms with E-state index in [1.165, 1.54) is 6.07 Å². The Balaban J connectivity index is 1.62. The third-order valence-electron chi connectivity index (χ3n) is 3.99. The van der Waals surface area contributed by atoms with Crippen LogP contribution in [0.4, 0.5) is 11.4 Å². The summed E-state index contributed by atoms with van der Waals surface area (Å²) in [7, 11) is 0. The molecule has 0 saturated carbocycles. The highest BCUT2D eigenvalue weighted by Gasteiger charge is 2.25. The number of amides is 1. The van der Waals surface area contributed by atoms with Crippen molar-refractivity contribution in [3.8, 4) is 0 Å². The zero-order chi connectivity index (χ0) is 16.2. The first-order chi connectivity index (χ1) is 11.1. The van der Waals surface area contributed by atoms with Gasteiger partial charge < -0.3 is 9.80 Å². The molecule has 0 bridgehead atoms. The Hall–Kier alpha value is -2.41. The van der Waals surface area contributed by atoms with E-state index >= 15 is 0 Å². The van der Waals surface area contributed by atoms with Crippen molar-refractivity contribution in [1.82, 2.24) is 4.90 Å². The molecule has 0 radical (unpaired) electrons. The second-order valence-corrected chi connectivity index (χ2v) is 6.20. The second-order valence-electron chi connectivity index (χ2n) is 5.42. The molecular formula is C16H17N3O3S. The summed E-state index contributed by atoms with van der Waals surface area (Å²) < 4.78 is 0. The van der Waals surface area contributed by atoms with Crippen LogP contribution in [0.1, 0.15) is 5.56 Å². The molecule has 1 aliphatic rings. The van der Waals surface area contributed by atoms with E-state index in [-0.39, 0.29) is 16.5 Å². The summed E-state index contributed by atoms with van der Waals surface area (Å²) in [6.45, 7) is 2.41. The molecule has 2 aromatic rings. The maximum atomic E-state index is 12.3. The minimum absolute atomic E-state index is 0.116. The van der Waals surface area contributed by atoms with E-state index in [9.17, 15) is 14.9 Å². The lowest BCUT2D eigenvalue weighted by Gasteiger charge is -2.35. The molecule has 0 unspecified atom stereocenters. The molecule has 3 rings (SSSR count). The number of nitro benzene ring substituents is 1. The van der Waals surface area contributed by atoms with Gasteiger partial charge in [-0.25, -0.2) is 0 Å². The van der Waals surface area contributed by atoms with Gasteiger partial charge in [0.2, 0.25) is 5.91 Å². The van der Waals surface area contributed by atoms with Crippen LogP contribution >= 0.6 is 11.3 Å². The smallest absolute Gasteiger partial charge is 0.292 e. The molecule has 1 aromatic heterocycles. The molecule has 1 aliphatic heterocycles. The number of carbonyl (C=O) groups excluding carboxylic acids is 1. The van der Waals surface area contributed by atoms with Gasteiger partial charge in [0.25, 0.3) is 5.69 Å². The molecule has 7 heteroatoms. The summed E-state index contributed by atoms with van der Waals surface area (Å²) in [6, 6.07) is 8.72. The SMILES string of the molecule is O=C(Cc1ccsc1)N1CCN(c2ccccc2[N+](=O)[O-])CC1. The van der Waals surface area contributed by atoms with Crippen LogP contribution in [0.2, 0.25) is 0 Å². The van der Waals surface area contributed by atoms with Gasteiger partial charge in [0, 0.05) is 32.2 Å². The van der Waals surface area contributed by atoms with Crippen LogP contribution in [0.25, 0.3) is 0 Å². The Kier molecular flexibility index (Phi) is 4.57. The van der Waals surface area contributed by atoms with Crippen molar-refractivity contribution < 1.29 is 9.72 Å². The van der Waals surface area contributed by atoms with Crippen molar-refractivity contribution in [2.24, 2.45) is 0 Å². The average Bonchev–Trinajstić information content (AvgIpc) is 3.08. The first-order valence-corrected chi connectivity index (χ1v) is 8.36. The summed E-state index contributed by atoms with van der Waals surface area (Å²) in [5.41, 5.74) is 1.79. The number of thiophene rings is 1. The van der Waals surface area contributed by atoms with Gasteiger partial charge in [0.15, 0.2) is 0 Å². The van der Waals surface area contributed by atoms with E-state index in [0.29, 0.717) is 38.3 Å². The van der Waals surface area contributed by atoms with E-state index in [1.807, 2.05) is 26.6 Å². The Morgan fingerprint density at radius 3 is 2.57 bits per heavy atom. The zero-order valence-electron chi connectivity index (χ0n) is 12.6. The molecule has 0 spiro atoms. The lowest BCUT2D eigenvalue weighted by Crippen LogP contribution is -2.49. The van der Waals surface area contributed by atoms with Crippen LogP contribution in [0, 0.1) is 10.1 Å². The lowest BCUT2D eigenvalue weighted by atomic mass is 10.2. The van der Waals surface area contributed by atoms with Gasteiger partial charge in [0.05, 0.1) is 11.3 Å². The molecule has 1 fully saturated rings. The van der Waals surface area contributed by atoms with Gasteiger partial charge in [-0.2, -0.15) is 11.3 Å². The summed E-state index contributed by atoms with van der Waals surface area (Å²) in [5.74, 6) is 0.116. The fourth-order valence-electron chi connectivity index (χ4n) is 2.76. The van der Waals surface area contributed by atoms with Crippen molar-refractivity contribution in [3.05, 3.63) is 56.8 Å². The van der Waals surface area contributed by atoms with Gasteiger partial charge in [-0.3, -0.25) is 14.9 Å². The molecule has 0 N–H and O–H groups in total. The average molecular weight is 331 g/mol. The predicted octanol–water partition coefficient (Wildman–Crippen LogP) is 2.55. The third kappa shape index (κ3) is 3.50. The second kappa shape index (κ2) is 6.78. The van der Waals surface area contributed by atoms with Gasteiger partial charge in [-0.05, 0) is 28.5 Å². The summed E-state index contributed by atoms with van der Waals surface area (Å²) in [6.07, 6.45) is 0.426. The maximum Gasteiger partial charge on any atom is 0.292 e. The zero-order valence-corrected chi connectivity index (χ0v) is 13.4. The van der Waals surface area contributed by atoms with Crippen LogP contribution in [0.5, 0.6) is 0 Å². The van der Waals surface area contributed by atoms with E-state index in [4.69, 9.17) is 0 Å². The monoisotopic (exact) mass is 331 g/mol. The van der Waals surface area contributed by atoms with Gasteiger partial charge in [0.1, 0.15) is 5.69 Å². The highest BCUT2D eigenvalue weighted by Crippen LogP contribution is 2.28. The summed E-state index contributed by atoms with van der Waals surface area (Å²) >= 11 is 1.59. The third-order valence-corrected chi connectivity index (χ3v) is 4.72. The number of hydrogen-bond donors (Lipinski definition) is 0. The number of hydrogen-bond acceptors (Lipinski definition) is 5. The lowest BCUT2D eigenvalue weighted by molar-refractivity contribution is -0.384. The molecule has 23 heavy (non-hydrogen) atoms. The maximum absolute atomic E-state index is 12.3. The first kappa shape index (κ1) is 15.5. The van der Waals surface area contributed by atoms with Crippen LogP contribution in [-0.4, -0.2) is 41.9 Å². The van der Waals surface area contributed by atoms with Crippen molar-refractivity contribution >= 4 is 28.6 Å². The molecule has 1 aromatic carbocycles. The van der Waals surface area contributed by atoms with E-state index in [1.54, 1.807) is 29.5 Å². The van der Waals surface area contributed by atoms with Crippen LogP contribution in [0.15, 0.2) is 41.1 Å². The van der Waals surface area contributed by atoms with Crippen molar-refractivity contribution in [2.45, 2.75) is 6.42 Å². The van der Waals surface area contributed by atoms with Crippen molar-refractivity contribution in [3.63, 3.8) is 0 Å². The fraction of sp³-hybridized carbons (Fsp3) is 0.312. The number of piperazine rings is 1. The molecule has 2 heterocycles. The van der Waals surface area contributed by atoms with Gasteiger partial charge in [-0.1, -0.05) is 12.1 Å². The number of nitrogens with zero attached hydrogens (tertiary/aromatic N) is 3. The molecular weight excluding hydrogens is 314 g/mol. The normalized spacial score (nSPS) is 14.8. The van der Waals surface area contributed by atoms with Crippen molar-refractivity contribution in [1.29, 1.82) is 0 Å². The fourth-order valence-corrected chi connectivity index (χ4v) is 3.43. The molecule has 120 valence electrons.